The van der Waals surface area contributed by atoms with Crippen LogP contribution in [-0.4, -0.2) is 13.3 Å². The number of rotatable bonds is 3. The molecule has 0 fully saturated rings. The summed E-state index contributed by atoms with van der Waals surface area (Å²) >= 11 is 0. The van der Waals surface area contributed by atoms with Crippen molar-refractivity contribution in [3.63, 3.8) is 0 Å². The topological polar surface area (TPSA) is 35.5 Å². The van der Waals surface area contributed by atoms with Crippen molar-refractivity contribution in [3.8, 4) is 0 Å². The fourth-order valence-electron chi connectivity index (χ4n) is 1.89. The molecule has 0 aliphatic carbocycles. The summed E-state index contributed by atoms with van der Waals surface area (Å²) in [6.07, 6.45) is 0.356. The summed E-state index contributed by atoms with van der Waals surface area (Å²) < 4.78 is 9.67. The lowest BCUT2D eigenvalue weighted by atomic mass is 10.0. The maximum atomic E-state index is 11.2. The van der Waals surface area contributed by atoms with E-state index in [2.05, 4.69) is 11.3 Å². The highest BCUT2D eigenvalue weighted by Crippen LogP contribution is 2.27. The minimum Gasteiger partial charge on any atom is -0.438 e. The van der Waals surface area contributed by atoms with Gasteiger partial charge < -0.3 is 9.47 Å². The molecule has 0 spiro atoms. The molecular weight excluding hydrogens is 228 g/mol. The zero-order valence-corrected chi connectivity index (χ0v) is 10.1. The summed E-state index contributed by atoms with van der Waals surface area (Å²) in [6, 6.07) is 13.8. The van der Waals surface area contributed by atoms with Gasteiger partial charge >= 0.3 is 6.16 Å². The predicted octanol–water partition coefficient (Wildman–Crippen LogP) is 3.85. The molecule has 3 heteroatoms. The molecule has 0 aromatic heterocycles. The van der Waals surface area contributed by atoms with Crippen LogP contribution >= 0.6 is 0 Å². The van der Waals surface area contributed by atoms with Gasteiger partial charge in [0.1, 0.15) is 6.10 Å². The summed E-state index contributed by atoms with van der Waals surface area (Å²) in [4.78, 5) is 11.2. The molecule has 2 aromatic rings. The van der Waals surface area contributed by atoms with E-state index >= 15 is 0 Å². The lowest BCUT2D eigenvalue weighted by molar-refractivity contribution is 0.0527. The maximum Gasteiger partial charge on any atom is 0.508 e. The van der Waals surface area contributed by atoms with Crippen LogP contribution in [0.2, 0.25) is 0 Å². The zero-order chi connectivity index (χ0) is 13.0. The van der Waals surface area contributed by atoms with Crippen LogP contribution in [0.25, 0.3) is 10.8 Å². The second-order valence-corrected chi connectivity index (χ2v) is 3.80. The van der Waals surface area contributed by atoms with E-state index in [1.54, 1.807) is 6.08 Å². The van der Waals surface area contributed by atoms with Crippen LogP contribution in [0.15, 0.2) is 55.1 Å². The van der Waals surface area contributed by atoms with Gasteiger partial charge in [-0.1, -0.05) is 49.0 Å². The number of benzene rings is 2. The van der Waals surface area contributed by atoms with E-state index in [9.17, 15) is 4.79 Å². The number of ether oxygens (including phenoxy) is 2. The molecule has 0 saturated carbocycles. The minimum absolute atomic E-state index is 0.511. The molecule has 2 rings (SSSR count). The van der Waals surface area contributed by atoms with Crippen LogP contribution < -0.4 is 0 Å². The Kier molecular flexibility index (Phi) is 3.63. The highest BCUT2D eigenvalue weighted by Gasteiger charge is 2.15. The monoisotopic (exact) mass is 242 g/mol. The molecule has 2 aromatic carbocycles. The van der Waals surface area contributed by atoms with Crippen molar-refractivity contribution in [1.82, 2.24) is 0 Å². The van der Waals surface area contributed by atoms with Gasteiger partial charge in [-0.3, -0.25) is 0 Å². The zero-order valence-electron chi connectivity index (χ0n) is 10.1. The van der Waals surface area contributed by atoms with Gasteiger partial charge in [-0.05, 0) is 16.8 Å². The second-order valence-electron chi connectivity index (χ2n) is 3.80. The van der Waals surface area contributed by atoms with Crippen LogP contribution in [0.5, 0.6) is 0 Å². The van der Waals surface area contributed by atoms with Crippen molar-refractivity contribution in [2.45, 2.75) is 6.10 Å². The van der Waals surface area contributed by atoms with E-state index in [1.165, 1.54) is 7.11 Å². The number of hydrogen-bond donors (Lipinski definition) is 0. The molecule has 0 unspecified atom stereocenters. The largest absolute Gasteiger partial charge is 0.508 e. The van der Waals surface area contributed by atoms with Gasteiger partial charge in [0.15, 0.2) is 0 Å². The quantitative estimate of drug-likeness (QED) is 0.605. The van der Waals surface area contributed by atoms with Crippen molar-refractivity contribution in [2.24, 2.45) is 0 Å². The SMILES string of the molecule is C=C[C@@H](OC(=O)OC)c1cccc2ccccc12. The van der Waals surface area contributed by atoms with Crippen LogP contribution in [0.3, 0.4) is 0 Å². The van der Waals surface area contributed by atoms with Gasteiger partial charge in [0.05, 0.1) is 7.11 Å². The Labute approximate surface area is 106 Å². The Morgan fingerprint density at radius 2 is 1.94 bits per heavy atom. The highest BCUT2D eigenvalue weighted by atomic mass is 16.7. The molecule has 18 heavy (non-hydrogen) atoms. The van der Waals surface area contributed by atoms with Gasteiger partial charge in [-0.15, -0.1) is 0 Å². The Bertz CT molecular complexity index is 569. The van der Waals surface area contributed by atoms with E-state index in [4.69, 9.17) is 4.74 Å². The predicted molar refractivity (Wildman–Crippen MR) is 70.4 cm³/mol. The molecule has 0 saturated heterocycles. The molecule has 1 atom stereocenters. The lowest BCUT2D eigenvalue weighted by Gasteiger charge is -2.15. The van der Waals surface area contributed by atoms with E-state index in [0.717, 1.165) is 16.3 Å². The Morgan fingerprint density at radius 3 is 2.67 bits per heavy atom. The summed E-state index contributed by atoms with van der Waals surface area (Å²) in [5.41, 5.74) is 0.897. The van der Waals surface area contributed by atoms with Crippen molar-refractivity contribution in [3.05, 3.63) is 60.7 Å². The van der Waals surface area contributed by atoms with E-state index in [-0.39, 0.29) is 0 Å². The third-order valence-electron chi connectivity index (χ3n) is 2.73. The molecule has 0 heterocycles. The van der Waals surface area contributed by atoms with Gasteiger partial charge in [-0.2, -0.15) is 0 Å². The second kappa shape index (κ2) is 5.36. The van der Waals surface area contributed by atoms with E-state index in [0.29, 0.717) is 0 Å². The van der Waals surface area contributed by atoms with Crippen LogP contribution in [0, 0.1) is 0 Å². The minimum atomic E-state index is -0.715. The molecule has 0 radical (unpaired) electrons. The first-order valence-electron chi connectivity index (χ1n) is 5.61. The van der Waals surface area contributed by atoms with Gasteiger partial charge in [0.2, 0.25) is 0 Å². The van der Waals surface area contributed by atoms with Gasteiger partial charge in [0.25, 0.3) is 0 Å². The highest BCUT2D eigenvalue weighted by molar-refractivity contribution is 5.86. The van der Waals surface area contributed by atoms with Crippen molar-refractivity contribution < 1.29 is 14.3 Å². The maximum absolute atomic E-state index is 11.2. The van der Waals surface area contributed by atoms with Crippen LogP contribution in [-0.2, 0) is 9.47 Å². The number of carbonyl (C=O) groups is 1. The molecule has 0 bridgehead atoms. The summed E-state index contributed by atoms with van der Waals surface area (Å²) in [5.74, 6) is 0. The van der Waals surface area contributed by atoms with E-state index < -0.39 is 12.3 Å². The number of methoxy groups -OCH3 is 1. The number of hydrogen-bond acceptors (Lipinski definition) is 3. The summed E-state index contributed by atoms with van der Waals surface area (Å²) in [6.45, 7) is 3.70. The van der Waals surface area contributed by atoms with E-state index in [1.807, 2.05) is 42.5 Å². The first-order chi connectivity index (χ1) is 8.76. The summed E-state index contributed by atoms with van der Waals surface area (Å²) in [7, 11) is 1.28. The molecule has 0 aliphatic heterocycles. The first kappa shape index (κ1) is 12.2. The van der Waals surface area contributed by atoms with Crippen LogP contribution in [0.1, 0.15) is 11.7 Å². The Hall–Kier alpha value is -2.29. The number of carbonyl (C=O) groups excluding carboxylic acids is 1. The molecule has 3 nitrogen and oxygen atoms in total. The third kappa shape index (κ3) is 2.35. The lowest BCUT2D eigenvalue weighted by Crippen LogP contribution is -2.09. The standard InChI is InChI=1S/C15H14O3/c1-3-14(18-15(16)17-2)13-10-6-8-11-7-4-5-9-12(11)13/h3-10,14H,1H2,2H3/t14-/m1/s1. The van der Waals surface area contributed by atoms with Crippen molar-refractivity contribution >= 4 is 16.9 Å². The first-order valence-corrected chi connectivity index (χ1v) is 5.61. The third-order valence-corrected chi connectivity index (χ3v) is 2.73. The molecule has 0 N–H and O–H groups in total. The fourth-order valence-corrected chi connectivity index (χ4v) is 1.89. The van der Waals surface area contributed by atoms with Crippen molar-refractivity contribution in [2.75, 3.05) is 7.11 Å². The fraction of sp³-hybridized carbons (Fsp3) is 0.133. The molecular formula is C15H14O3. The molecule has 0 amide bonds. The number of fused-ring (bicyclic) bond motifs is 1. The average Bonchev–Trinajstić information content (AvgIpc) is 2.44. The Morgan fingerprint density at radius 1 is 1.22 bits per heavy atom. The smallest absolute Gasteiger partial charge is 0.438 e. The average molecular weight is 242 g/mol. The van der Waals surface area contributed by atoms with Crippen molar-refractivity contribution in [1.29, 1.82) is 0 Å². The van der Waals surface area contributed by atoms with Crippen LogP contribution in [0.4, 0.5) is 4.79 Å². The normalized spacial score (nSPS) is 11.8. The molecule has 92 valence electrons. The van der Waals surface area contributed by atoms with Gasteiger partial charge in [-0.25, -0.2) is 4.79 Å². The summed E-state index contributed by atoms with van der Waals surface area (Å²) in [5, 5.41) is 2.13. The Balaban J connectivity index is 2.45. The van der Waals surface area contributed by atoms with Gasteiger partial charge in [0, 0.05) is 5.56 Å². The molecule has 0 aliphatic rings.